The average molecular weight is 206 g/mol. The molecule has 0 aromatic carbocycles. The van der Waals surface area contributed by atoms with Crippen LogP contribution < -0.4 is 5.32 Å². The second kappa shape index (κ2) is 4.39. The molecule has 1 atom stereocenters. The van der Waals surface area contributed by atoms with Crippen molar-refractivity contribution in [3.05, 3.63) is 0 Å². The normalized spacial score (nSPS) is 26.2. The standard InChI is InChI=1S/C8H18N2O2S/c1-10-5-4-9-7-8(10)3-6-13(2,11)12/h8-9H,3-7H2,1-2H3. The smallest absolute Gasteiger partial charge is 0.147 e. The van der Waals surface area contributed by atoms with Crippen molar-refractivity contribution in [3.63, 3.8) is 0 Å². The van der Waals surface area contributed by atoms with Gasteiger partial charge in [0.1, 0.15) is 9.84 Å². The Bertz CT molecular complexity index is 251. The molecule has 1 heterocycles. The Labute approximate surface area is 80.2 Å². The molecule has 1 aliphatic rings. The van der Waals surface area contributed by atoms with Gasteiger partial charge in [-0.25, -0.2) is 8.42 Å². The van der Waals surface area contributed by atoms with Crippen molar-refractivity contribution in [2.24, 2.45) is 0 Å². The lowest BCUT2D eigenvalue weighted by Gasteiger charge is -2.32. The van der Waals surface area contributed by atoms with E-state index in [0.717, 1.165) is 26.1 Å². The fraction of sp³-hybridized carbons (Fsp3) is 1.00. The van der Waals surface area contributed by atoms with Crippen LogP contribution >= 0.6 is 0 Å². The Hall–Kier alpha value is -0.130. The third-order valence-corrected chi connectivity index (χ3v) is 3.44. The fourth-order valence-corrected chi connectivity index (χ4v) is 2.24. The maximum Gasteiger partial charge on any atom is 0.147 e. The maximum absolute atomic E-state index is 10.9. The zero-order valence-electron chi connectivity index (χ0n) is 8.28. The van der Waals surface area contributed by atoms with Gasteiger partial charge in [-0.05, 0) is 13.5 Å². The monoisotopic (exact) mass is 206 g/mol. The molecule has 13 heavy (non-hydrogen) atoms. The molecule has 0 saturated carbocycles. The van der Waals surface area contributed by atoms with E-state index in [0.29, 0.717) is 11.8 Å². The molecule has 0 spiro atoms. The van der Waals surface area contributed by atoms with Gasteiger partial charge in [0, 0.05) is 31.9 Å². The summed E-state index contributed by atoms with van der Waals surface area (Å²) in [6.07, 6.45) is 2.03. The molecule has 1 rings (SSSR count). The zero-order chi connectivity index (χ0) is 9.90. The predicted octanol–water partition coefficient (Wildman–Crippen LogP) is -0.675. The molecule has 0 amide bonds. The number of nitrogens with one attached hydrogen (secondary N) is 1. The summed E-state index contributed by atoms with van der Waals surface area (Å²) in [5.41, 5.74) is 0. The van der Waals surface area contributed by atoms with Crippen molar-refractivity contribution in [3.8, 4) is 0 Å². The lowest BCUT2D eigenvalue weighted by Crippen LogP contribution is -2.49. The topological polar surface area (TPSA) is 49.4 Å². The Morgan fingerprint density at radius 1 is 1.54 bits per heavy atom. The third kappa shape index (κ3) is 4.06. The van der Waals surface area contributed by atoms with Gasteiger partial charge in [0.25, 0.3) is 0 Å². The van der Waals surface area contributed by atoms with E-state index in [-0.39, 0.29) is 0 Å². The number of sulfone groups is 1. The van der Waals surface area contributed by atoms with E-state index in [1.54, 1.807) is 0 Å². The summed E-state index contributed by atoms with van der Waals surface area (Å²) in [5, 5.41) is 3.27. The van der Waals surface area contributed by atoms with Gasteiger partial charge in [0.2, 0.25) is 0 Å². The zero-order valence-corrected chi connectivity index (χ0v) is 9.10. The molecule has 5 heteroatoms. The van der Waals surface area contributed by atoms with Crippen LogP contribution in [0.15, 0.2) is 0 Å². The second-order valence-corrected chi connectivity index (χ2v) is 6.02. The second-order valence-electron chi connectivity index (χ2n) is 3.76. The lowest BCUT2D eigenvalue weighted by atomic mass is 10.1. The molecule has 0 radical (unpaired) electrons. The Morgan fingerprint density at radius 2 is 2.23 bits per heavy atom. The van der Waals surface area contributed by atoms with Gasteiger partial charge in [-0.3, -0.25) is 0 Å². The molecular weight excluding hydrogens is 188 g/mol. The highest BCUT2D eigenvalue weighted by molar-refractivity contribution is 7.90. The van der Waals surface area contributed by atoms with E-state index >= 15 is 0 Å². The van der Waals surface area contributed by atoms with Crippen LogP contribution in [-0.2, 0) is 9.84 Å². The molecular formula is C8H18N2O2S. The molecule has 4 nitrogen and oxygen atoms in total. The average Bonchev–Trinajstić information content (AvgIpc) is 2.01. The number of piperazine rings is 1. The highest BCUT2D eigenvalue weighted by Gasteiger charge is 2.19. The molecule has 0 aromatic heterocycles. The van der Waals surface area contributed by atoms with E-state index in [2.05, 4.69) is 10.2 Å². The van der Waals surface area contributed by atoms with Crippen molar-refractivity contribution >= 4 is 9.84 Å². The lowest BCUT2D eigenvalue weighted by molar-refractivity contribution is 0.196. The largest absolute Gasteiger partial charge is 0.314 e. The highest BCUT2D eigenvalue weighted by Crippen LogP contribution is 2.05. The van der Waals surface area contributed by atoms with Crippen molar-refractivity contribution in [1.29, 1.82) is 0 Å². The molecule has 1 unspecified atom stereocenters. The van der Waals surface area contributed by atoms with Crippen LogP contribution in [0.25, 0.3) is 0 Å². The van der Waals surface area contributed by atoms with Gasteiger partial charge in [-0.15, -0.1) is 0 Å². The molecule has 1 aliphatic heterocycles. The van der Waals surface area contributed by atoms with Crippen LogP contribution in [0.2, 0.25) is 0 Å². The summed E-state index contributed by atoms with van der Waals surface area (Å²) in [5.74, 6) is 0.295. The van der Waals surface area contributed by atoms with Gasteiger partial charge in [-0.1, -0.05) is 0 Å². The van der Waals surface area contributed by atoms with E-state index in [4.69, 9.17) is 0 Å². The van der Waals surface area contributed by atoms with E-state index in [9.17, 15) is 8.42 Å². The van der Waals surface area contributed by atoms with Crippen molar-refractivity contribution in [2.45, 2.75) is 12.5 Å². The van der Waals surface area contributed by atoms with Crippen molar-refractivity contribution in [1.82, 2.24) is 10.2 Å². The van der Waals surface area contributed by atoms with Crippen LogP contribution in [0.3, 0.4) is 0 Å². The van der Waals surface area contributed by atoms with E-state index in [1.807, 2.05) is 7.05 Å². The Balaban J connectivity index is 2.35. The first-order chi connectivity index (χ1) is 5.99. The molecule has 1 fully saturated rings. The minimum Gasteiger partial charge on any atom is -0.314 e. The summed E-state index contributed by atoms with van der Waals surface area (Å²) in [6, 6.07) is 0.378. The van der Waals surface area contributed by atoms with Gasteiger partial charge >= 0.3 is 0 Å². The maximum atomic E-state index is 10.9. The summed E-state index contributed by atoms with van der Waals surface area (Å²) >= 11 is 0. The molecule has 1 saturated heterocycles. The first kappa shape index (κ1) is 10.9. The van der Waals surface area contributed by atoms with Crippen LogP contribution in [0.1, 0.15) is 6.42 Å². The van der Waals surface area contributed by atoms with E-state index < -0.39 is 9.84 Å². The van der Waals surface area contributed by atoms with E-state index in [1.165, 1.54) is 6.26 Å². The summed E-state index contributed by atoms with van der Waals surface area (Å²) in [7, 11) is -0.752. The van der Waals surface area contributed by atoms with Crippen LogP contribution in [0.4, 0.5) is 0 Å². The van der Waals surface area contributed by atoms with Gasteiger partial charge in [0.05, 0.1) is 5.75 Å². The van der Waals surface area contributed by atoms with Gasteiger partial charge < -0.3 is 10.2 Å². The number of hydrogen-bond acceptors (Lipinski definition) is 4. The molecule has 0 aromatic rings. The van der Waals surface area contributed by atoms with Crippen molar-refractivity contribution in [2.75, 3.05) is 38.7 Å². The Kier molecular flexibility index (Phi) is 3.70. The first-order valence-electron chi connectivity index (χ1n) is 4.58. The minimum absolute atomic E-state index is 0.295. The van der Waals surface area contributed by atoms with Crippen LogP contribution in [-0.4, -0.2) is 58.1 Å². The summed E-state index contributed by atoms with van der Waals surface area (Å²) < 4.78 is 21.9. The predicted molar refractivity (Wildman–Crippen MR) is 53.6 cm³/mol. The number of rotatable bonds is 3. The molecule has 0 bridgehead atoms. The number of likely N-dealkylation sites (N-methyl/N-ethyl adjacent to an activating group) is 1. The number of hydrogen-bond donors (Lipinski definition) is 1. The highest BCUT2D eigenvalue weighted by atomic mass is 32.2. The van der Waals surface area contributed by atoms with Gasteiger partial charge in [-0.2, -0.15) is 0 Å². The fourth-order valence-electron chi connectivity index (χ4n) is 1.54. The van der Waals surface area contributed by atoms with Crippen LogP contribution in [0.5, 0.6) is 0 Å². The summed E-state index contributed by atoms with van der Waals surface area (Å²) in [6.45, 7) is 2.92. The van der Waals surface area contributed by atoms with Gasteiger partial charge in [0.15, 0.2) is 0 Å². The number of nitrogens with zero attached hydrogens (tertiary/aromatic N) is 1. The minimum atomic E-state index is -2.80. The molecule has 0 aliphatic carbocycles. The quantitative estimate of drug-likeness (QED) is 0.665. The summed E-state index contributed by atoms with van der Waals surface area (Å²) in [4.78, 5) is 2.22. The Morgan fingerprint density at radius 3 is 2.77 bits per heavy atom. The van der Waals surface area contributed by atoms with Crippen molar-refractivity contribution < 1.29 is 8.42 Å². The first-order valence-corrected chi connectivity index (χ1v) is 6.64. The molecule has 1 N–H and O–H groups in total. The third-order valence-electron chi connectivity index (χ3n) is 2.47. The van der Waals surface area contributed by atoms with Crippen LogP contribution in [0, 0.1) is 0 Å². The molecule has 78 valence electrons. The SMILES string of the molecule is CN1CCNCC1CCS(C)(=O)=O.